The van der Waals surface area contributed by atoms with E-state index in [9.17, 15) is 17.2 Å². The number of nitrogens with zero attached hydrogens (tertiary/aromatic N) is 2. The Labute approximate surface area is 94.9 Å². The summed E-state index contributed by atoms with van der Waals surface area (Å²) in [7, 11) is 0.894. The van der Waals surface area contributed by atoms with Crippen LogP contribution in [0.4, 0.5) is 8.78 Å². The standard InChI is InChI=1S/C8H5ClF2N2O2S/c1-4-2-5(7(10)11)6(3-12)13-8(4)16(9,14)15/h2,7H,1H3. The maximum Gasteiger partial charge on any atom is 0.278 e. The minimum Gasteiger partial charge on any atom is -0.223 e. The molecule has 4 nitrogen and oxygen atoms in total. The summed E-state index contributed by atoms with van der Waals surface area (Å²) in [6.07, 6.45) is -2.90. The van der Waals surface area contributed by atoms with E-state index in [2.05, 4.69) is 4.98 Å². The molecule has 0 spiro atoms. The first-order valence-corrected chi connectivity index (χ1v) is 6.22. The summed E-state index contributed by atoms with van der Waals surface area (Å²) in [6.45, 7) is 1.27. The Morgan fingerprint density at radius 3 is 2.50 bits per heavy atom. The molecule has 0 saturated carbocycles. The summed E-state index contributed by atoms with van der Waals surface area (Å²) in [4.78, 5) is 3.32. The number of rotatable bonds is 2. The van der Waals surface area contributed by atoms with Gasteiger partial charge in [-0.25, -0.2) is 22.2 Å². The second kappa shape index (κ2) is 4.31. The highest BCUT2D eigenvalue weighted by molar-refractivity contribution is 8.13. The number of nitriles is 1. The number of aromatic nitrogens is 1. The molecule has 1 heterocycles. The Bertz CT molecular complexity index is 566. The Hall–Kier alpha value is -1.26. The third-order valence-corrected chi connectivity index (χ3v) is 3.08. The largest absolute Gasteiger partial charge is 0.278 e. The molecule has 0 aliphatic heterocycles. The van der Waals surface area contributed by atoms with Gasteiger partial charge in [-0.2, -0.15) is 5.26 Å². The molecule has 8 heteroatoms. The van der Waals surface area contributed by atoms with Gasteiger partial charge in [0.25, 0.3) is 15.5 Å². The Morgan fingerprint density at radius 2 is 2.12 bits per heavy atom. The topological polar surface area (TPSA) is 70.8 Å². The number of pyridine rings is 1. The van der Waals surface area contributed by atoms with Crippen molar-refractivity contribution in [3.05, 3.63) is 22.9 Å². The van der Waals surface area contributed by atoms with Crippen molar-refractivity contribution < 1.29 is 17.2 Å². The molecule has 0 amide bonds. The van der Waals surface area contributed by atoms with Gasteiger partial charge in [0, 0.05) is 10.7 Å². The van der Waals surface area contributed by atoms with Gasteiger partial charge in [0.1, 0.15) is 6.07 Å². The Balaban J connectivity index is 3.58. The van der Waals surface area contributed by atoms with Gasteiger partial charge < -0.3 is 0 Å². The molecule has 86 valence electrons. The first-order chi connectivity index (χ1) is 7.27. The predicted octanol–water partition coefficient (Wildman–Crippen LogP) is 2.13. The highest BCUT2D eigenvalue weighted by Crippen LogP contribution is 2.26. The summed E-state index contributed by atoms with van der Waals surface area (Å²) in [6, 6.07) is 2.30. The third kappa shape index (κ3) is 2.46. The lowest BCUT2D eigenvalue weighted by atomic mass is 10.1. The van der Waals surface area contributed by atoms with Crippen molar-refractivity contribution in [3.63, 3.8) is 0 Å². The lowest BCUT2D eigenvalue weighted by Crippen LogP contribution is -2.04. The van der Waals surface area contributed by atoms with Crippen molar-refractivity contribution in [1.29, 1.82) is 5.26 Å². The van der Waals surface area contributed by atoms with E-state index in [1.165, 1.54) is 13.0 Å². The fourth-order valence-electron chi connectivity index (χ4n) is 1.12. The number of halogens is 3. The number of alkyl halides is 2. The lowest BCUT2D eigenvalue weighted by molar-refractivity contribution is 0.150. The average Bonchev–Trinajstić information content (AvgIpc) is 2.15. The Morgan fingerprint density at radius 1 is 1.56 bits per heavy atom. The number of hydrogen-bond donors (Lipinski definition) is 0. The molecule has 1 aromatic heterocycles. The highest BCUT2D eigenvalue weighted by Gasteiger charge is 2.22. The first kappa shape index (κ1) is 12.8. The average molecular weight is 267 g/mol. The number of aryl methyl sites for hydroxylation is 1. The second-order valence-corrected chi connectivity index (χ2v) is 5.38. The maximum atomic E-state index is 12.4. The van der Waals surface area contributed by atoms with Crippen LogP contribution in [0.3, 0.4) is 0 Å². The first-order valence-electron chi connectivity index (χ1n) is 3.92. The summed E-state index contributed by atoms with van der Waals surface area (Å²) in [5, 5.41) is 7.99. The van der Waals surface area contributed by atoms with Crippen molar-refractivity contribution in [2.45, 2.75) is 18.4 Å². The predicted molar refractivity (Wildman–Crippen MR) is 51.7 cm³/mol. The van der Waals surface area contributed by atoms with E-state index in [1.807, 2.05) is 0 Å². The van der Waals surface area contributed by atoms with Crippen LogP contribution in [-0.2, 0) is 9.05 Å². The molecule has 0 aliphatic rings. The molecule has 16 heavy (non-hydrogen) atoms. The molecule has 0 fully saturated rings. The SMILES string of the molecule is Cc1cc(C(F)F)c(C#N)nc1S(=O)(=O)Cl. The summed E-state index contributed by atoms with van der Waals surface area (Å²) >= 11 is 0. The normalized spacial score (nSPS) is 11.5. The van der Waals surface area contributed by atoms with Crippen molar-refractivity contribution in [2.75, 3.05) is 0 Å². The van der Waals surface area contributed by atoms with Crippen LogP contribution in [0.25, 0.3) is 0 Å². The molecule has 0 saturated heterocycles. The number of hydrogen-bond acceptors (Lipinski definition) is 4. The van der Waals surface area contributed by atoms with Gasteiger partial charge in [0.2, 0.25) is 0 Å². The maximum absolute atomic E-state index is 12.4. The molecule has 0 N–H and O–H groups in total. The van der Waals surface area contributed by atoms with Gasteiger partial charge in [-0.3, -0.25) is 0 Å². The van der Waals surface area contributed by atoms with Crippen LogP contribution in [0.5, 0.6) is 0 Å². The van der Waals surface area contributed by atoms with E-state index in [0.717, 1.165) is 6.07 Å². The van der Waals surface area contributed by atoms with E-state index >= 15 is 0 Å². The van der Waals surface area contributed by atoms with Crippen molar-refractivity contribution in [1.82, 2.24) is 4.98 Å². The van der Waals surface area contributed by atoms with Crippen molar-refractivity contribution in [3.8, 4) is 6.07 Å². The minimum absolute atomic E-state index is 0.0238. The van der Waals surface area contributed by atoms with E-state index in [-0.39, 0.29) is 5.56 Å². The van der Waals surface area contributed by atoms with Gasteiger partial charge in [-0.1, -0.05) is 0 Å². The molecule has 0 aromatic carbocycles. The van der Waals surface area contributed by atoms with E-state index < -0.39 is 31.8 Å². The summed E-state index contributed by atoms with van der Waals surface area (Å²) < 4.78 is 46.9. The van der Waals surface area contributed by atoms with Crippen LogP contribution in [0.15, 0.2) is 11.1 Å². The molecule has 1 aromatic rings. The Kier molecular flexibility index (Phi) is 3.45. The molecule has 0 bridgehead atoms. The molecule has 0 radical (unpaired) electrons. The highest BCUT2D eigenvalue weighted by atomic mass is 35.7. The third-order valence-electron chi connectivity index (χ3n) is 1.77. The van der Waals surface area contributed by atoms with Gasteiger partial charge >= 0.3 is 0 Å². The monoisotopic (exact) mass is 266 g/mol. The fourth-order valence-corrected chi connectivity index (χ4v) is 2.23. The van der Waals surface area contributed by atoms with Crippen LogP contribution in [0, 0.1) is 18.3 Å². The zero-order chi connectivity index (χ0) is 12.5. The molecular weight excluding hydrogens is 262 g/mol. The zero-order valence-corrected chi connectivity index (χ0v) is 9.48. The van der Waals surface area contributed by atoms with Gasteiger partial charge in [-0.15, -0.1) is 0 Å². The zero-order valence-electron chi connectivity index (χ0n) is 7.91. The van der Waals surface area contributed by atoms with Crippen LogP contribution >= 0.6 is 10.7 Å². The molecule has 0 unspecified atom stereocenters. The molecule has 1 rings (SSSR count). The minimum atomic E-state index is -4.14. The molecule has 0 atom stereocenters. The van der Waals surface area contributed by atoms with Gasteiger partial charge in [-0.05, 0) is 18.6 Å². The van der Waals surface area contributed by atoms with E-state index in [0.29, 0.717) is 0 Å². The summed E-state index contributed by atoms with van der Waals surface area (Å²) in [5.74, 6) is 0. The van der Waals surface area contributed by atoms with Gasteiger partial charge in [0.05, 0.1) is 5.56 Å². The van der Waals surface area contributed by atoms with E-state index in [1.54, 1.807) is 0 Å². The smallest absolute Gasteiger partial charge is 0.223 e. The van der Waals surface area contributed by atoms with E-state index in [4.69, 9.17) is 15.9 Å². The van der Waals surface area contributed by atoms with Gasteiger partial charge in [0.15, 0.2) is 10.7 Å². The lowest BCUT2D eigenvalue weighted by Gasteiger charge is -2.06. The molecule has 0 aliphatic carbocycles. The fraction of sp³-hybridized carbons (Fsp3) is 0.250. The van der Waals surface area contributed by atoms with Crippen molar-refractivity contribution >= 4 is 19.7 Å². The summed E-state index contributed by atoms with van der Waals surface area (Å²) in [5.41, 5.74) is -1.27. The van der Waals surface area contributed by atoms with Crippen LogP contribution in [0.1, 0.15) is 23.2 Å². The molecular formula is C8H5ClF2N2O2S. The quantitative estimate of drug-likeness (QED) is 0.769. The van der Waals surface area contributed by atoms with Crippen molar-refractivity contribution in [2.24, 2.45) is 0 Å². The van der Waals surface area contributed by atoms with Crippen LogP contribution < -0.4 is 0 Å². The van der Waals surface area contributed by atoms with Crippen LogP contribution in [0.2, 0.25) is 0 Å². The van der Waals surface area contributed by atoms with Crippen LogP contribution in [-0.4, -0.2) is 13.4 Å². The second-order valence-electron chi connectivity index (χ2n) is 2.90.